The molecule has 1 fully saturated rings. The summed E-state index contributed by atoms with van der Waals surface area (Å²) in [6, 6.07) is 0.148. The highest BCUT2D eigenvalue weighted by atomic mass is 32.2. The van der Waals surface area contributed by atoms with Crippen LogP contribution in [0.1, 0.15) is 46.5 Å². The Hall–Kier alpha value is -0.130. The fourth-order valence-electron chi connectivity index (χ4n) is 2.34. The van der Waals surface area contributed by atoms with Gasteiger partial charge in [0.1, 0.15) is 0 Å². The first-order valence-corrected chi connectivity index (χ1v) is 8.81. The summed E-state index contributed by atoms with van der Waals surface area (Å²) in [4.78, 5) is 0. The molecule has 1 heterocycles. The van der Waals surface area contributed by atoms with Gasteiger partial charge in [0.05, 0.1) is 5.75 Å². The number of piperidine rings is 1. The van der Waals surface area contributed by atoms with E-state index in [0.717, 1.165) is 25.8 Å². The second-order valence-corrected chi connectivity index (χ2v) is 7.40. The maximum Gasteiger partial charge on any atom is 0.215 e. The molecule has 0 bridgehead atoms. The average molecular weight is 276 g/mol. The Kier molecular flexibility index (Phi) is 6.60. The first kappa shape index (κ1) is 15.9. The molecule has 1 aliphatic heterocycles. The van der Waals surface area contributed by atoms with Crippen LogP contribution in [0.15, 0.2) is 0 Å². The Morgan fingerprint density at radius 1 is 1.33 bits per heavy atom. The zero-order valence-corrected chi connectivity index (χ0v) is 12.8. The molecule has 1 rings (SSSR count). The molecule has 0 aromatic heterocycles. The lowest BCUT2D eigenvalue weighted by atomic mass is 10.1. The molecule has 2 unspecified atom stereocenters. The third-order valence-electron chi connectivity index (χ3n) is 3.78. The first-order valence-electron chi connectivity index (χ1n) is 7.20. The molecule has 0 radical (unpaired) electrons. The van der Waals surface area contributed by atoms with Crippen LogP contribution in [0.5, 0.6) is 0 Å². The summed E-state index contributed by atoms with van der Waals surface area (Å²) >= 11 is 0. The molecule has 18 heavy (non-hydrogen) atoms. The van der Waals surface area contributed by atoms with Crippen LogP contribution < -0.4 is 5.32 Å². The van der Waals surface area contributed by atoms with E-state index in [9.17, 15) is 8.42 Å². The van der Waals surface area contributed by atoms with Crippen molar-refractivity contribution in [2.45, 2.75) is 52.5 Å². The number of nitrogens with zero attached hydrogens (tertiary/aromatic N) is 1. The fraction of sp³-hybridized carbons (Fsp3) is 1.00. The van der Waals surface area contributed by atoms with E-state index < -0.39 is 10.0 Å². The molecule has 5 heteroatoms. The molecule has 0 aliphatic carbocycles. The molecular formula is C13H28N2O2S. The van der Waals surface area contributed by atoms with Crippen molar-refractivity contribution in [3.8, 4) is 0 Å². The van der Waals surface area contributed by atoms with Gasteiger partial charge in [-0.2, -0.15) is 0 Å². The van der Waals surface area contributed by atoms with Crippen molar-refractivity contribution in [1.82, 2.24) is 9.62 Å². The van der Waals surface area contributed by atoms with Crippen LogP contribution in [0.25, 0.3) is 0 Å². The SMILES string of the molecule is CCC(C)CN(CC)S(=O)(=O)CC1CCCCN1. The summed E-state index contributed by atoms with van der Waals surface area (Å²) in [6.07, 6.45) is 4.32. The molecule has 0 amide bonds. The first-order chi connectivity index (χ1) is 8.49. The van der Waals surface area contributed by atoms with Crippen LogP contribution in [-0.2, 0) is 10.0 Å². The fourth-order valence-corrected chi connectivity index (χ4v) is 4.22. The number of hydrogen-bond donors (Lipinski definition) is 1. The Morgan fingerprint density at radius 3 is 2.56 bits per heavy atom. The minimum atomic E-state index is -3.11. The van der Waals surface area contributed by atoms with Gasteiger partial charge in [0.25, 0.3) is 0 Å². The van der Waals surface area contributed by atoms with Crippen LogP contribution in [0, 0.1) is 5.92 Å². The zero-order valence-electron chi connectivity index (χ0n) is 12.0. The van der Waals surface area contributed by atoms with E-state index >= 15 is 0 Å². The quantitative estimate of drug-likeness (QED) is 0.772. The zero-order chi connectivity index (χ0) is 13.6. The van der Waals surface area contributed by atoms with E-state index in [1.165, 1.54) is 6.42 Å². The topological polar surface area (TPSA) is 49.4 Å². The number of sulfonamides is 1. The van der Waals surface area contributed by atoms with Gasteiger partial charge in [-0.15, -0.1) is 0 Å². The van der Waals surface area contributed by atoms with Crippen molar-refractivity contribution in [2.75, 3.05) is 25.4 Å². The van der Waals surface area contributed by atoms with Gasteiger partial charge in [-0.3, -0.25) is 0 Å². The monoisotopic (exact) mass is 276 g/mol. The average Bonchev–Trinajstić information content (AvgIpc) is 2.36. The summed E-state index contributed by atoms with van der Waals surface area (Å²) < 4.78 is 26.4. The van der Waals surface area contributed by atoms with Gasteiger partial charge in [-0.1, -0.05) is 33.6 Å². The van der Waals surface area contributed by atoms with Crippen molar-refractivity contribution < 1.29 is 8.42 Å². The standard InChI is InChI=1S/C13H28N2O2S/c1-4-12(3)10-15(5-2)18(16,17)11-13-8-6-7-9-14-13/h12-14H,4-11H2,1-3H3. The Morgan fingerprint density at radius 2 is 2.06 bits per heavy atom. The molecule has 2 atom stereocenters. The van der Waals surface area contributed by atoms with E-state index in [0.29, 0.717) is 19.0 Å². The summed E-state index contributed by atoms with van der Waals surface area (Å²) in [7, 11) is -3.11. The molecule has 4 nitrogen and oxygen atoms in total. The number of nitrogens with one attached hydrogen (secondary N) is 1. The smallest absolute Gasteiger partial charge is 0.215 e. The molecule has 0 aromatic rings. The highest BCUT2D eigenvalue weighted by Gasteiger charge is 2.26. The lowest BCUT2D eigenvalue weighted by Crippen LogP contribution is -2.45. The molecule has 0 spiro atoms. The maximum atomic E-state index is 12.4. The highest BCUT2D eigenvalue weighted by molar-refractivity contribution is 7.89. The van der Waals surface area contributed by atoms with Gasteiger partial charge < -0.3 is 5.32 Å². The van der Waals surface area contributed by atoms with E-state index in [1.54, 1.807) is 4.31 Å². The number of hydrogen-bond acceptors (Lipinski definition) is 3. The maximum absolute atomic E-state index is 12.4. The van der Waals surface area contributed by atoms with Gasteiger partial charge in [-0.25, -0.2) is 12.7 Å². The summed E-state index contributed by atoms with van der Waals surface area (Å²) in [5.41, 5.74) is 0. The normalized spacial score (nSPS) is 23.2. The van der Waals surface area contributed by atoms with E-state index in [1.807, 2.05) is 6.92 Å². The van der Waals surface area contributed by atoms with Crippen molar-refractivity contribution in [1.29, 1.82) is 0 Å². The third kappa shape index (κ3) is 4.86. The van der Waals surface area contributed by atoms with Crippen molar-refractivity contribution in [3.63, 3.8) is 0 Å². The molecule has 0 aromatic carbocycles. The largest absolute Gasteiger partial charge is 0.313 e. The van der Waals surface area contributed by atoms with Gasteiger partial charge in [0, 0.05) is 19.1 Å². The Labute approximate surface area is 112 Å². The van der Waals surface area contributed by atoms with Gasteiger partial charge in [-0.05, 0) is 25.3 Å². The lowest BCUT2D eigenvalue weighted by Gasteiger charge is -2.28. The Bertz CT molecular complexity index is 324. The summed E-state index contributed by atoms with van der Waals surface area (Å²) in [6.45, 7) is 8.33. The van der Waals surface area contributed by atoms with Crippen molar-refractivity contribution in [3.05, 3.63) is 0 Å². The van der Waals surface area contributed by atoms with Crippen molar-refractivity contribution >= 4 is 10.0 Å². The van der Waals surface area contributed by atoms with E-state index in [4.69, 9.17) is 0 Å². The predicted octanol–water partition coefficient (Wildman–Crippen LogP) is 1.83. The van der Waals surface area contributed by atoms with Crippen LogP contribution in [0.4, 0.5) is 0 Å². The predicted molar refractivity (Wildman–Crippen MR) is 76.1 cm³/mol. The van der Waals surface area contributed by atoms with Crippen LogP contribution >= 0.6 is 0 Å². The van der Waals surface area contributed by atoms with Gasteiger partial charge in [0.2, 0.25) is 10.0 Å². The van der Waals surface area contributed by atoms with Crippen LogP contribution in [-0.4, -0.2) is 44.2 Å². The van der Waals surface area contributed by atoms with Gasteiger partial charge in [0.15, 0.2) is 0 Å². The van der Waals surface area contributed by atoms with E-state index in [-0.39, 0.29) is 11.8 Å². The molecule has 1 saturated heterocycles. The minimum absolute atomic E-state index is 0.148. The third-order valence-corrected chi connectivity index (χ3v) is 5.80. The summed E-state index contributed by atoms with van der Waals surface area (Å²) in [5, 5.41) is 3.32. The highest BCUT2D eigenvalue weighted by Crippen LogP contribution is 2.14. The minimum Gasteiger partial charge on any atom is -0.313 e. The molecule has 1 N–H and O–H groups in total. The van der Waals surface area contributed by atoms with Gasteiger partial charge >= 0.3 is 0 Å². The number of rotatable bonds is 7. The van der Waals surface area contributed by atoms with Crippen molar-refractivity contribution in [2.24, 2.45) is 5.92 Å². The van der Waals surface area contributed by atoms with Crippen LogP contribution in [0.2, 0.25) is 0 Å². The second-order valence-electron chi connectivity index (χ2n) is 5.39. The molecular weight excluding hydrogens is 248 g/mol. The summed E-state index contributed by atoms with van der Waals surface area (Å²) in [5.74, 6) is 0.691. The molecule has 0 saturated carbocycles. The molecule has 1 aliphatic rings. The Balaban J connectivity index is 2.58. The molecule has 108 valence electrons. The van der Waals surface area contributed by atoms with E-state index in [2.05, 4.69) is 19.2 Å². The second kappa shape index (κ2) is 7.46. The van der Waals surface area contributed by atoms with Crippen LogP contribution in [0.3, 0.4) is 0 Å². The lowest BCUT2D eigenvalue weighted by molar-refractivity contribution is 0.353.